The third-order valence-electron chi connectivity index (χ3n) is 2.84. The monoisotopic (exact) mass is 300 g/mol. The Balaban J connectivity index is 3.38. The Kier molecular flexibility index (Phi) is 5.00. The Bertz CT molecular complexity index is 416. The molecule has 1 aromatic rings. The van der Waals surface area contributed by atoms with Crippen LogP contribution in [0.1, 0.15) is 30.4 Å². The molecule has 17 heavy (non-hydrogen) atoms. The lowest BCUT2D eigenvalue weighted by molar-refractivity contribution is -0.108. The summed E-state index contributed by atoms with van der Waals surface area (Å²) in [5.41, 5.74) is 1.97. The zero-order valence-corrected chi connectivity index (χ0v) is 12.1. The van der Waals surface area contributed by atoms with Crippen molar-refractivity contribution >= 4 is 22.2 Å². The number of hydrogen-bond acceptors (Lipinski definition) is 3. The van der Waals surface area contributed by atoms with Crippen molar-refractivity contribution in [3.05, 3.63) is 21.7 Å². The van der Waals surface area contributed by atoms with Gasteiger partial charge < -0.3 is 14.3 Å². The van der Waals surface area contributed by atoms with Gasteiger partial charge in [-0.3, -0.25) is 0 Å². The summed E-state index contributed by atoms with van der Waals surface area (Å²) in [5, 5.41) is 0. The number of methoxy groups -OCH3 is 2. The van der Waals surface area contributed by atoms with E-state index in [4.69, 9.17) is 9.47 Å². The zero-order valence-electron chi connectivity index (χ0n) is 10.5. The predicted molar refractivity (Wildman–Crippen MR) is 71.1 cm³/mol. The van der Waals surface area contributed by atoms with Gasteiger partial charge in [0, 0.05) is 22.0 Å². The Morgan fingerprint density at radius 1 is 1.35 bits per heavy atom. The molecule has 1 rings (SSSR count). The summed E-state index contributed by atoms with van der Waals surface area (Å²) >= 11 is 3.50. The van der Waals surface area contributed by atoms with Crippen molar-refractivity contribution in [3.63, 3.8) is 0 Å². The first-order chi connectivity index (χ1) is 8.06. The lowest BCUT2D eigenvalue weighted by Crippen LogP contribution is -2.02. The van der Waals surface area contributed by atoms with Crippen LogP contribution < -0.4 is 9.47 Å². The van der Waals surface area contributed by atoms with E-state index in [1.54, 1.807) is 14.2 Å². The molecule has 1 atom stereocenters. The van der Waals surface area contributed by atoms with Crippen LogP contribution in [-0.4, -0.2) is 20.5 Å². The summed E-state index contributed by atoms with van der Waals surface area (Å²) in [4.78, 5) is 10.6. The topological polar surface area (TPSA) is 35.5 Å². The van der Waals surface area contributed by atoms with Gasteiger partial charge in [0.2, 0.25) is 0 Å². The molecule has 0 aliphatic carbocycles. The Hall–Kier alpha value is -1.03. The number of carbonyl (C=O) groups excluding carboxylic acids is 1. The van der Waals surface area contributed by atoms with E-state index >= 15 is 0 Å². The van der Waals surface area contributed by atoms with Gasteiger partial charge in [-0.15, -0.1) is 0 Å². The van der Waals surface area contributed by atoms with E-state index in [2.05, 4.69) is 15.9 Å². The third kappa shape index (κ3) is 2.80. The fourth-order valence-corrected chi connectivity index (χ4v) is 2.24. The van der Waals surface area contributed by atoms with Crippen molar-refractivity contribution < 1.29 is 14.3 Å². The number of benzene rings is 1. The Labute approximate surface area is 110 Å². The van der Waals surface area contributed by atoms with Gasteiger partial charge in [0.25, 0.3) is 0 Å². The van der Waals surface area contributed by atoms with Crippen LogP contribution >= 0.6 is 15.9 Å². The van der Waals surface area contributed by atoms with Gasteiger partial charge in [-0.05, 0) is 18.9 Å². The minimum atomic E-state index is 0.105. The molecule has 0 bridgehead atoms. The zero-order chi connectivity index (χ0) is 13.0. The van der Waals surface area contributed by atoms with Crippen LogP contribution in [0.4, 0.5) is 0 Å². The fourth-order valence-electron chi connectivity index (χ4n) is 1.81. The largest absolute Gasteiger partial charge is 0.493 e. The molecule has 94 valence electrons. The standard InChI is InChI=1S/C13H17BrO3/c1-8(5-6-15)10-7-11(14)9(2)12(16-3)13(10)17-4/h6-8H,5H2,1-4H3. The first kappa shape index (κ1) is 14.0. The maximum Gasteiger partial charge on any atom is 0.165 e. The van der Waals surface area contributed by atoms with E-state index in [0.717, 1.165) is 27.6 Å². The average Bonchev–Trinajstić information content (AvgIpc) is 2.32. The third-order valence-corrected chi connectivity index (χ3v) is 3.66. The van der Waals surface area contributed by atoms with Crippen LogP contribution in [0.2, 0.25) is 0 Å². The molecule has 0 aliphatic heterocycles. The summed E-state index contributed by atoms with van der Waals surface area (Å²) in [6, 6.07) is 1.99. The number of aldehydes is 1. The SMILES string of the molecule is COc1c(C(C)CC=O)cc(Br)c(C)c1OC. The van der Waals surface area contributed by atoms with Crippen molar-refractivity contribution in [1.29, 1.82) is 0 Å². The van der Waals surface area contributed by atoms with Crippen LogP contribution in [0.25, 0.3) is 0 Å². The van der Waals surface area contributed by atoms with E-state index < -0.39 is 0 Å². The summed E-state index contributed by atoms with van der Waals surface area (Å²) in [6.07, 6.45) is 1.39. The van der Waals surface area contributed by atoms with Crippen LogP contribution in [0.5, 0.6) is 11.5 Å². The average molecular weight is 301 g/mol. The Morgan fingerprint density at radius 3 is 2.41 bits per heavy atom. The lowest BCUT2D eigenvalue weighted by atomic mass is 9.95. The quantitative estimate of drug-likeness (QED) is 0.781. The molecule has 0 N–H and O–H groups in total. The van der Waals surface area contributed by atoms with Crippen LogP contribution in [0.15, 0.2) is 10.5 Å². The van der Waals surface area contributed by atoms with Gasteiger partial charge in [-0.1, -0.05) is 22.9 Å². The molecule has 4 heteroatoms. The first-order valence-electron chi connectivity index (χ1n) is 5.41. The molecule has 0 heterocycles. The molecule has 0 aliphatic rings. The van der Waals surface area contributed by atoms with E-state index in [9.17, 15) is 4.79 Å². The summed E-state index contributed by atoms with van der Waals surface area (Å²) in [6.45, 7) is 3.95. The number of ether oxygens (including phenoxy) is 2. The number of hydrogen-bond donors (Lipinski definition) is 0. The van der Waals surface area contributed by atoms with Gasteiger partial charge in [-0.2, -0.15) is 0 Å². The minimum Gasteiger partial charge on any atom is -0.493 e. The highest BCUT2D eigenvalue weighted by Crippen LogP contribution is 2.42. The lowest BCUT2D eigenvalue weighted by Gasteiger charge is -2.19. The summed E-state index contributed by atoms with van der Waals surface area (Å²) in [5.74, 6) is 1.53. The second-order valence-electron chi connectivity index (χ2n) is 3.94. The molecule has 3 nitrogen and oxygen atoms in total. The van der Waals surface area contributed by atoms with E-state index in [-0.39, 0.29) is 5.92 Å². The molecule has 0 saturated carbocycles. The van der Waals surface area contributed by atoms with E-state index in [0.29, 0.717) is 12.2 Å². The van der Waals surface area contributed by atoms with Gasteiger partial charge in [-0.25, -0.2) is 0 Å². The van der Waals surface area contributed by atoms with Gasteiger partial charge in [0.15, 0.2) is 11.5 Å². The highest BCUT2D eigenvalue weighted by molar-refractivity contribution is 9.10. The summed E-state index contributed by atoms with van der Waals surface area (Å²) in [7, 11) is 3.23. The molecule has 0 fully saturated rings. The van der Waals surface area contributed by atoms with Crippen molar-refractivity contribution in [3.8, 4) is 11.5 Å². The Morgan fingerprint density at radius 2 is 1.94 bits per heavy atom. The normalized spacial score (nSPS) is 12.1. The fraction of sp³-hybridized carbons (Fsp3) is 0.462. The van der Waals surface area contributed by atoms with Crippen molar-refractivity contribution in [2.75, 3.05) is 14.2 Å². The highest BCUT2D eigenvalue weighted by atomic mass is 79.9. The number of halogens is 1. The molecule has 1 unspecified atom stereocenters. The summed E-state index contributed by atoms with van der Waals surface area (Å²) < 4.78 is 11.7. The molecular formula is C13H17BrO3. The van der Waals surface area contributed by atoms with Crippen LogP contribution in [0, 0.1) is 6.92 Å². The van der Waals surface area contributed by atoms with Crippen molar-refractivity contribution in [2.24, 2.45) is 0 Å². The molecular weight excluding hydrogens is 284 g/mol. The van der Waals surface area contributed by atoms with E-state index in [1.807, 2.05) is 19.9 Å². The van der Waals surface area contributed by atoms with Crippen molar-refractivity contribution in [2.45, 2.75) is 26.2 Å². The smallest absolute Gasteiger partial charge is 0.165 e. The van der Waals surface area contributed by atoms with Gasteiger partial charge in [0.1, 0.15) is 6.29 Å². The van der Waals surface area contributed by atoms with Crippen LogP contribution in [-0.2, 0) is 4.79 Å². The molecule has 0 radical (unpaired) electrons. The molecule has 0 amide bonds. The molecule has 0 aromatic heterocycles. The first-order valence-corrected chi connectivity index (χ1v) is 6.20. The number of carbonyl (C=O) groups is 1. The van der Waals surface area contributed by atoms with E-state index in [1.165, 1.54) is 0 Å². The second kappa shape index (κ2) is 6.05. The van der Waals surface area contributed by atoms with Crippen LogP contribution in [0.3, 0.4) is 0 Å². The second-order valence-corrected chi connectivity index (χ2v) is 4.80. The minimum absolute atomic E-state index is 0.105. The van der Waals surface area contributed by atoms with Gasteiger partial charge in [0.05, 0.1) is 14.2 Å². The predicted octanol–water partition coefficient (Wildman–Crippen LogP) is 3.47. The molecule has 0 saturated heterocycles. The highest BCUT2D eigenvalue weighted by Gasteiger charge is 2.19. The van der Waals surface area contributed by atoms with Gasteiger partial charge >= 0.3 is 0 Å². The molecule has 1 aromatic carbocycles. The number of rotatable bonds is 5. The van der Waals surface area contributed by atoms with Crippen molar-refractivity contribution in [1.82, 2.24) is 0 Å². The maximum absolute atomic E-state index is 10.6. The maximum atomic E-state index is 10.6. The molecule has 0 spiro atoms.